The molecule has 1 unspecified atom stereocenters. The van der Waals surface area contributed by atoms with Crippen LogP contribution in [0, 0.1) is 0 Å². The van der Waals surface area contributed by atoms with Crippen LogP contribution in [0.4, 0.5) is 5.69 Å². The minimum absolute atomic E-state index is 0.108. The average molecular weight is 433 g/mol. The van der Waals surface area contributed by atoms with E-state index in [4.69, 9.17) is 9.47 Å². The van der Waals surface area contributed by atoms with Crippen molar-refractivity contribution in [2.24, 2.45) is 0 Å². The Morgan fingerprint density at radius 3 is 2.52 bits per heavy atom. The zero-order valence-electron chi connectivity index (χ0n) is 15.0. The number of amides is 2. The molecule has 1 saturated heterocycles. The van der Waals surface area contributed by atoms with Gasteiger partial charge in [0.2, 0.25) is 0 Å². The van der Waals surface area contributed by atoms with Crippen LogP contribution >= 0.6 is 15.9 Å². The van der Waals surface area contributed by atoms with Crippen LogP contribution in [0.3, 0.4) is 0 Å². The zero-order chi connectivity index (χ0) is 19.2. The molecule has 3 rings (SSSR count). The van der Waals surface area contributed by atoms with Crippen LogP contribution in [0.25, 0.3) is 0 Å². The summed E-state index contributed by atoms with van der Waals surface area (Å²) in [5.74, 6) is 0.265. The fourth-order valence-corrected chi connectivity index (χ4v) is 3.37. The molecule has 2 amide bonds. The number of carbonyl (C=O) groups excluding carboxylic acids is 2. The van der Waals surface area contributed by atoms with Gasteiger partial charge in [0.25, 0.3) is 11.8 Å². The van der Waals surface area contributed by atoms with Crippen molar-refractivity contribution >= 4 is 33.4 Å². The summed E-state index contributed by atoms with van der Waals surface area (Å²) in [4.78, 5) is 24.6. The molecule has 0 radical (unpaired) electrons. The lowest BCUT2D eigenvalue weighted by molar-refractivity contribution is 0.0857. The lowest BCUT2D eigenvalue weighted by Crippen LogP contribution is -2.31. The molecule has 6 nitrogen and oxygen atoms in total. The molecule has 0 spiro atoms. The molecule has 1 fully saturated rings. The molecule has 1 aliphatic heterocycles. The van der Waals surface area contributed by atoms with E-state index in [-0.39, 0.29) is 17.9 Å². The predicted molar refractivity (Wildman–Crippen MR) is 106 cm³/mol. The van der Waals surface area contributed by atoms with Gasteiger partial charge in [0, 0.05) is 30.0 Å². The molecule has 2 N–H and O–H groups in total. The summed E-state index contributed by atoms with van der Waals surface area (Å²) >= 11 is 3.37. The first-order valence-electron chi connectivity index (χ1n) is 8.71. The van der Waals surface area contributed by atoms with Gasteiger partial charge in [-0.2, -0.15) is 0 Å². The van der Waals surface area contributed by atoms with Gasteiger partial charge in [-0.15, -0.1) is 0 Å². The first-order valence-corrected chi connectivity index (χ1v) is 9.51. The minimum Gasteiger partial charge on any atom is -0.496 e. The monoisotopic (exact) mass is 432 g/mol. The summed E-state index contributed by atoms with van der Waals surface area (Å²) in [6, 6.07) is 11.9. The maximum Gasteiger partial charge on any atom is 0.255 e. The van der Waals surface area contributed by atoms with Crippen molar-refractivity contribution in [2.45, 2.75) is 18.9 Å². The number of nitrogens with one attached hydrogen (secondary N) is 2. The van der Waals surface area contributed by atoms with Gasteiger partial charge in [-0.25, -0.2) is 0 Å². The highest BCUT2D eigenvalue weighted by Crippen LogP contribution is 2.26. The summed E-state index contributed by atoms with van der Waals surface area (Å²) in [6.07, 6.45) is 2.13. The van der Waals surface area contributed by atoms with Gasteiger partial charge in [-0.3, -0.25) is 9.59 Å². The first-order chi connectivity index (χ1) is 13.1. The Morgan fingerprint density at radius 2 is 1.89 bits per heavy atom. The second kappa shape index (κ2) is 9.01. The SMILES string of the molecule is COc1ccc(C(=O)Nc2ccc(C(=O)NCC3CCCO3)cc2)cc1Br. The Labute approximate surface area is 166 Å². The Kier molecular flexibility index (Phi) is 6.47. The summed E-state index contributed by atoms with van der Waals surface area (Å²) < 4.78 is 11.4. The van der Waals surface area contributed by atoms with Crippen LogP contribution in [0.1, 0.15) is 33.6 Å². The Balaban J connectivity index is 1.57. The van der Waals surface area contributed by atoms with Crippen molar-refractivity contribution in [3.05, 3.63) is 58.1 Å². The zero-order valence-corrected chi connectivity index (χ0v) is 16.5. The topological polar surface area (TPSA) is 76.7 Å². The summed E-state index contributed by atoms with van der Waals surface area (Å²) in [5, 5.41) is 5.69. The van der Waals surface area contributed by atoms with Crippen molar-refractivity contribution in [3.63, 3.8) is 0 Å². The van der Waals surface area contributed by atoms with Crippen molar-refractivity contribution in [1.29, 1.82) is 0 Å². The Bertz CT molecular complexity index is 817. The minimum atomic E-state index is -0.242. The molecule has 142 valence electrons. The standard InChI is InChI=1S/C20H21BrN2O4/c1-26-18-9-6-14(11-17(18)21)20(25)23-15-7-4-13(5-8-15)19(24)22-12-16-3-2-10-27-16/h4-9,11,16H,2-3,10,12H2,1H3,(H,22,24)(H,23,25). The van der Waals surface area contributed by atoms with Crippen LogP contribution in [0.2, 0.25) is 0 Å². The summed E-state index contributed by atoms with van der Waals surface area (Å²) in [5.41, 5.74) is 1.65. The van der Waals surface area contributed by atoms with Crippen LogP contribution in [0.5, 0.6) is 5.75 Å². The maximum absolute atomic E-state index is 12.4. The number of methoxy groups -OCH3 is 1. The number of halogens is 1. The van der Waals surface area contributed by atoms with Gasteiger partial charge in [0.15, 0.2) is 0 Å². The number of hydrogen-bond acceptors (Lipinski definition) is 4. The molecule has 0 bridgehead atoms. The van der Waals surface area contributed by atoms with Gasteiger partial charge < -0.3 is 20.1 Å². The fourth-order valence-electron chi connectivity index (χ4n) is 2.83. The molecule has 0 aliphatic carbocycles. The number of benzene rings is 2. The number of anilines is 1. The smallest absolute Gasteiger partial charge is 0.255 e. The van der Waals surface area contributed by atoms with Gasteiger partial charge in [-0.1, -0.05) is 0 Å². The Hall–Kier alpha value is -2.38. The average Bonchev–Trinajstić information content (AvgIpc) is 3.20. The Morgan fingerprint density at radius 1 is 1.15 bits per heavy atom. The molecular formula is C20H21BrN2O4. The molecule has 1 aliphatic rings. The second-order valence-electron chi connectivity index (χ2n) is 6.23. The van der Waals surface area contributed by atoms with Gasteiger partial charge in [0.1, 0.15) is 5.75 Å². The van der Waals surface area contributed by atoms with E-state index in [0.717, 1.165) is 19.4 Å². The van der Waals surface area contributed by atoms with Crippen LogP contribution in [-0.4, -0.2) is 38.2 Å². The summed E-state index contributed by atoms with van der Waals surface area (Å²) in [7, 11) is 1.57. The van der Waals surface area contributed by atoms with E-state index >= 15 is 0 Å². The predicted octanol–water partition coefficient (Wildman–Crippen LogP) is 3.62. The van der Waals surface area contributed by atoms with Crippen molar-refractivity contribution in [2.75, 3.05) is 25.6 Å². The van der Waals surface area contributed by atoms with Crippen LogP contribution in [0.15, 0.2) is 46.9 Å². The molecule has 2 aromatic rings. The number of carbonyl (C=O) groups is 2. The van der Waals surface area contributed by atoms with E-state index < -0.39 is 0 Å². The first kappa shape index (κ1) is 19.4. The number of ether oxygens (including phenoxy) is 2. The van der Waals surface area contributed by atoms with E-state index in [2.05, 4.69) is 26.6 Å². The van der Waals surface area contributed by atoms with Gasteiger partial charge >= 0.3 is 0 Å². The van der Waals surface area contributed by atoms with E-state index in [1.165, 1.54) is 0 Å². The van der Waals surface area contributed by atoms with Crippen LogP contribution in [-0.2, 0) is 4.74 Å². The lowest BCUT2D eigenvalue weighted by Gasteiger charge is -2.11. The maximum atomic E-state index is 12.4. The van der Waals surface area contributed by atoms with Gasteiger partial charge in [-0.05, 0) is 71.2 Å². The summed E-state index contributed by atoms with van der Waals surface area (Å²) in [6.45, 7) is 1.28. The van der Waals surface area contributed by atoms with E-state index in [0.29, 0.717) is 33.6 Å². The highest BCUT2D eigenvalue weighted by atomic mass is 79.9. The van der Waals surface area contributed by atoms with Gasteiger partial charge in [0.05, 0.1) is 17.7 Å². The normalized spacial score (nSPS) is 16.0. The molecular weight excluding hydrogens is 412 g/mol. The third-order valence-corrected chi connectivity index (χ3v) is 4.95. The van der Waals surface area contributed by atoms with Crippen molar-refractivity contribution < 1.29 is 19.1 Å². The third-order valence-electron chi connectivity index (χ3n) is 4.33. The van der Waals surface area contributed by atoms with Crippen LogP contribution < -0.4 is 15.4 Å². The lowest BCUT2D eigenvalue weighted by atomic mass is 10.1. The van der Waals surface area contributed by atoms with E-state index in [1.807, 2.05) is 0 Å². The number of hydrogen-bond donors (Lipinski definition) is 2. The molecule has 1 atom stereocenters. The largest absolute Gasteiger partial charge is 0.496 e. The third kappa shape index (κ3) is 5.08. The quantitative estimate of drug-likeness (QED) is 0.730. The van der Waals surface area contributed by atoms with Crippen molar-refractivity contribution in [3.8, 4) is 5.75 Å². The second-order valence-corrected chi connectivity index (χ2v) is 7.08. The molecule has 7 heteroatoms. The molecule has 1 heterocycles. The number of rotatable bonds is 6. The van der Waals surface area contributed by atoms with Crippen molar-refractivity contribution in [1.82, 2.24) is 5.32 Å². The molecule has 0 saturated carbocycles. The highest BCUT2D eigenvalue weighted by molar-refractivity contribution is 9.10. The molecule has 27 heavy (non-hydrogen) atoms. The molecule has 0 aromatic heterocycles. The molecule has 2 aromatic carbocycles. The highest BCUT2D eigenvalue weighted by Gasteiger charge is 2.16. The van der Waals surface area contributed by atoms with E-state index in [1.54, 1.807) is 49.6 Å². The fraction of sp³-hybridized carbons (Fsp3) is 0.300. The van der Waals surface area contributed by atoms with E-state index in [9.17, 15) is 9.59 Å².